The minimum absolute atomic E-state index is 0.211. The van der Waals surface area contributed by atoms with Gasteiger partial charge >= 0.3 is 0 Å². The lowest BCUT2D eigenvalue weighted by Crippen LogP contribution is -2.19. The van der Waals surface area contributed by atoms with Gasteiger partial charge in [-0.25, -0.2) is 4.98 Å². The van der Waals surface area contributed by atoms with E-state index in [0.29, 0.717) is 23.1 Å². The van der Waals surface area contributed by atoms with Gasteiger partial charge in [0.1, 0.15) is 11.5 Å². The maximum Gasteiger partial charge on any atom is 0.244 e. The van der Waals surface area contributed by atoms with Crippen molar-refractivity contribution in [2.45, 2.75) is 13.5 Å². The lowest BCUT2D eigenvalue weighted by Gasteiger charge is -2.00. The van der Waals surface area contributed by atoms with Crippen molar-refractivity contribution >= 4 is 34.9 Å². The molecule has 6 heteroatoms. The first-order valence-electron chi connectivity index (χ1n) is 7.33. The molecule has 0 unspecified atom stereocenters. The molecular weight excluding hydrogens is 344 g/mol. The summed E-state index contributed by atoms with van der Waals surface area (Å²) in [5, 5.41) is 6.32. The zero-order chi connectivity index (χ0) is 16.9. The number of halogens is 1. The number of nitrogens with zero attached hydrogens (tertiary/aromatic N) is 1. The molecule has 0 aliphatic heterocycles. The molecule has 24 heavy (non-hydrogen) atoms. The van der Waals surface area contributed by atoms with E-state index in [1.165, 1.54) is 6.08 Å². The van der Waals surface area contributed by atoms with Crippen molar-refractivity contribution in [3.05, 3.63) is 69.2 Å². The van der Waals surface area contributed by atoms with Gasteiger partial charge in [-0.2, -0.15) is 0 Å². The van der Waals surface area contributed by atoms with Gasteiger partial charge in [-0.3, -0.25) is 4.79 Å². The third kappa shape index (κ3) is 4.13. The van der Waals surface area contributed by atoms with Crippen LogP contribution in [0, 0.1) is 6.92 Å². The Labute approximate surface area is 148 Å². The maximum absolute atomic E-state index is 11.9. The molecule has 1 amide bonds. The Bertz CT molecular complexity index is 883. The van der Waals surface area contributed by atoms with Gasteiger partial charge in [0, 0.05) is 16.5 Å². The normalized spacial score (nSPS) is 11.1. The quantitative estimate of drug-likeness (QED) is 0.673. The second-order valence-corrected chi connectivity index (χ2v) is 6.56. The van der Waals surface area contributed by atoms with E-state index in [9.17, 15) is 4.79 Å². The summed E-state index contributed by atoms with van der Waals surface area (Å²) in [6.07, 6.45) is 3.14. The molecule has 0 radical (unpaired) electrons. The van der Waals surface area contributed by atoms with Gasteiger partial charge in [0.05, 0.1) is 11.6 Å². The Morgan fingerprint density at radius 2 is 2.17 bits per heavy atom. The fourth-order valence-electron chi connectivity index (χ4n) is 2.10. The van der Waals surface area contributed by atoms with Crippen LogP contribution in [0.4, 0.5) is 0 Å². The first-order valence-corrected chi connectivity index (χ1v) is 8.59. The average Bonchev–Trinajstić information content (AvgIpc) is 3.21. The van der Waals surface area contributed by atoms with Crippen molar-refractivity contribution in [3.8, 4) is 11.5 Å². The van der Waals surface area contributed by atoms with Gasteiger partial charge < -0.3 is 9.73 Å². The molecule has 0 saturated carbocycles. The summed E-state index contributed by atoms with van der Waals surface area (Å²) < 4.78 is 5.70. The molecule has 1 aromatic carbocycles. The molecule has 3 rings (SSSR count). The van der Waals surface area contributed by atoms with E-state index in [1.807, 2.05) is 42.6 Å². The highest BCUT2D eigenvalue weighted by Gasteiger charge is 2.08. The summed E-state index contributed by atoms with van der Waals surface area (Å²) in [6, 6.07) is 11.0. The number of benzene rings is 1. The van der Waals surface area contributed by atoms with Crippen LogP contribution in [0.15, 0.2) is 52.3 Å². The summed E-state index contributed by atoms with van der Waals surface area (Å²) in [7, 11) is 0. The summed E-state index contributed by atoms with van der Waals surface area (Å²) >= 11 is 7.61. The van der Waals surface area contributed by atoms with Gasteiger partial charge in [0.25, 0.3) is 0 Å². The van der Waals surface area contributed by atoms with Crippen molar-refractivity contribution in [1.82, 2.24) is 10.3 Å². The second-order valence-electron chi connectivity index (χ2n) is 5.09. The SMILES string of the molecule is Cc1nc(-c2ccc(CNC(=O)/C=C/c3ccccc3Cl)o2)cs1. The van der Waals surface area contributed by atoms with Crippen molar-refractivity contribution in [1.29, 1.82) is 0 Å². The van der Waals surface area contributed by atoms with Gasteiger partial charge in [-0.1, -0.05) is 29.8 Å². The van der Waals surface area contributed by atoms with Gasteiger partial charge in [-0.05, 0) is 36.8 Å². The number of rotatable bonds is 5. The van der Waals surface area contributed by atoms with E-state index in [0.717, 1.165) is 16.3 Å². The van der Waals surface area contributed by atoms with Crippen molar-refractivity contribution in [3.63, 3.8) is 0 Å². The highest BCUT2D eigenvalue weighted by Crippen LogP contribution is 2.23. The number of hydrogen-bond acceptors (Lipinski definition) is 4. The smallest absolute Gasteiger partial charge is 0.244 e. The Morgan fingerprint density at radius 1 is 1.33 bits per heavy atom. The van der Waals surface area contributed by atoms with Crippen LogP contribution in [0.2, 0.25) is 5.02 Å². The molecule has 0 bridgehead atoms. The number of aryl methyl sites for hydroxylation is 1. The highest BCUT2D eigenvalue weighted by molar-refractivity contribution is 7.09. The van der Waals surface area contributed by atoms with Crippen LogP contribution in [0.1, 0.15) is 16.3 Å². The van der Waals surface area contributed by atoms with Crippen LogP contribution in [-0.4, -0.2) is 10.9 Å². The summed E-state index contributed by atoms with van der Waals surface area (Å²) in [5.74, 6) is 1.17. The fourth-order valence-corrected chi connectivity index (χ4v) is 2.90. The number of hydrogen-bond donors (Lipinski definition) is 1. The van der Waals surface area contributed by atoms with Crippen LogP contribution in [0.5, 0.6) is 0 Å². The summed E-state index contributed by atoms with van der Waals surface area (Å²) in [4.78, 5) is 16.3. The molecule has 0 fully saturated rings. The van der Waals surface area contributed by atoms with Crippen molar-refractivity contribution in [2.75, 3.05) is 0 Å². The molecule has 4 nitrogen and oxygen atoms in total. The Balaban J connectivity index is 1.57. The third-order valence-corrected chi connectivity index (χ3v) is 4.41. The van der Waals surface area contributed by atoms with Gasteiger partial charge in [0.2, 0.25) is 5.91 Å². The molecule has 0 aliphatic rings. The minimum atomic E-state index is -0.211. The fraction of sp³-hybridized carbons (Fsp3) is 0.111. The third-order valence-electron chi connectivity index (χ3n) is 3.29. The lowest BCUT2D eigenvalue weighted by molar-refractivity contribution is -0.116. The molecule has 0 spiro atoms. The van der Waals surface area contributed by atoms with Crippen molar-refractivity contribution in [2.24, 2.45) is 0 Å². The Kier molecular flexibility index (Phi) is 5.13. The molecular formula is C18H15ClN2O2S. The molecule has 0 atom stereocenters. The standard InChI is InChI=1S/C18H15ClN2O2S/c1-12-21-16(11-24-12)17-8-7-14(23-17)10-20-18(22)9-6-13-4-2-3-5-15(13)19/h2-9,11H,10H2,1H3,(H,20,22)/b9-6+. The van der Waals surface area contributed by atoms with Crippen LogP contribution in [-0.2, 0) is 11.3 Å². The van der Waals surface area contributed by atoms with Crippen LogP contribution >= 0.6 is 22.9 Å². The van der Waals surface area contributed by atoms with Crippen LogP contribution < -0.4 is 5.32 Å². The van der Waals surface area contributed by atoms with Crippen LogP contribution in [0.3, 0.4) is 0 Å². The maximum atomic E-state index is 11.9. The molecule has 2 aromatic heterocycles. The number of amides is 1. The first kappa shape index (κ1) is 16.5. The monoisotopic (exact) mass is 358 g/mol. The number of aromatic nitrogens is 1. The molecule has 0 saturated heterocycles. The van der Waals surface area contributed by atoms with E-state index in [1.54, 1.807) is 23.5 Å². The Morgan fingerprint density at radius 3 is 2.92 bits per heavy atom. The molecule has 3 aromatic rings. The second kappa shape index (κ2) is 7.47. The molecule has 0 aliphatic carbocycles. The number of thiazole rings is 1. The van der Waals surface area contributed by atoms with E-state index < -0.39 is 0 Å². The molecule has 122 valence electrons. The number of furan rings is 1. The first-order chi connectivity index (χ1) is 11.6. The van der Waals surface area contributed by atoms with E-state index >= 15 is 0 Å². The largest absolute Gasteiger partial charge is 0.458 e. The summed E-state index contributed by atoms with van der Waals surface area (Å²) in [5.41, 5.74) is 1.61. The van der Waals surface area contributed by atoms with Crippen molar-refractivity contribution < 1.29 is 9.21 Å². The molecule has 2 heterocycles. The predicted octanol–water partition coefficient (Wildman–Crippen LogP) is 4.69. The topological polar surface area (TPSA) is 55.1 Å². The number of carbonyl (C=O) groups excluding carboxylic acids is 1. The number of carbonyl (C=O) groups is 1. The highest BCUT2D eigenvalue weighted by atomic mass is 35.5. The zero-order valence-electron chi connectivity index (χ0n) is 13.0. The van der Waals surface area contributed by atoms with E-state index in [2.05, 4.69) is 10.3 Å². The van der Waals surface area contributed by atoms with Gasteiger partial charge in [-0.15, -0.1) is 11.3 Å². The van der Waals surface area contributed by atoms with E-state index in [4.69, 9.17) is 16.0 Å². The van der Waals surface area contributed by atoms with E-state index in [-0.39, 0.29) is 5.91 Å². The zero-order valence-corrected chi connectivity index (χ0v) is 14.5. The van der Waals surface area contributed by atoms with Crippen LogP contribution in [0.25, 0.3) is 17.5 Å². The average molecular weight is 359 g/mol. The number of nitrogens with one attached hydrogen (secondary N) is 1. The van der Waals surface area contributed by atoms with Gasteiger partial charge in [0.15, 0.2) is 5.76 Å². The molecule has 1 N–H and O–H groups in total. The minimum Gasteiger partial charge on any atom is -0.458 e. The predicted molar refractivity (Wildman–Crippen MR) is 96.9 cm³/mol. The Hall–Kier alpha value is -2.37. The lowest BCUT2D eigenvalue weighted by atomic mass is 10.2. The summed E-state index contributed by atoms with van der Waals surface area (Å²) in [6.45, 7) is 2.26.